The van der Waals surface area contributed by atoms with Crippen LogP contribution in [0.1, 0.15) is 29.2 Å². The molecule has 0 aromatic carbocycles. The molecule has 1 aliphatic heterocycles. The van der Waals surface area contributed by atoms with Gasteiger partial charge in [-0.05, 0) is 25.0 Å². The lowest BCUT2D eigenvalue weighted by atomic mass is 9.90. The molecule has 6 rings (SSSR count). The zero-order chi connectivity index (χ0) is 22.7. The molecule has 3 aliphatic rings. The molecule has 33 heavy (non-hydrogen) atoms. The van der Waals surface area contributed by atoms with Gasteiger partial charge in [0.05, 0.1) is 25.5 Å². The van der Waals surface area contributed by atoms with Crippen molar-refractivity contribution < 1.29 is 13.9 Å². The monoisotopic (exact) mass is 453 g/mol. The smallest absolute Gasteiger partial charge is 0.274 e. The minimum atomic E-state index is -1.02. The maximum atomic E-state index is 13.6. The van der Waals surface area contributed by atoms with E-state index in [1.165, 1.54) is 10.7 Å². The fraction of sp³-hybridized carbons (Fsp3) is 0.455. The number of hydrogen-bond acceptors (Lipinski definition) is 7. The Kier molecular flexibility index (Phi) is 4.61. The van der Waals surface area contributed by atoms with Crippen molar-refractivity contribution in [1.29, 1.82) is 0 Å². The van der Waals surface area contributed by atoms with Crippen LogP contribution < -0.4 is 21.5 Å². The number of anilines is 3. The lowest BCUT2D eigenvalue weighted by Crippen LogP contribution is -2.48. The zero-order valence-corrected chi connectivity index (χ0v) is 18.0. The predicted molar refractivity (Wildman–Crippen MR) is 119 cm³/mol. The third kappa shape index (κ3) is 3.26. The van der Waals surface area contributed by atoms with Crippen LogP contribution in [0.4, 0.5) is 21.7 Å². The molecular formula is C22H24FN7O3. The quantitative estimate of drug-likeness (QED) is 0.521. The van der Waals surface area contributed by atoms with Crippen LogP contribution in [0.5, 0.6) is 0 Å². The fourth-order valence-corrected chi connectivity index (χ4v) is 4.83. The summed E-state index contributed by atoms with van der Waals surface area (Å²) < 4.78 is 22.3. The SMILES string of the molecule is CNc1cc(Nc2cccn(C3[C@H]4COC[C@@H]34)c2=O)nc2c(C(=O)NC3CC[C@H]3F)cnn12. The molecule has 3 aromatic rings. The van der Waals surface area contributed by atoms with E-state index in [0.29, 0.717) is 60.9 Å². The van der Waals surface area contributed by atoms with Gasteiger partial charge in [0.2, 0.25) is 0 Å². The van der Waals surface area contributed by atoms with Gasteiger partial charge in [0.15, 0.2) is 5.65 Å². The Morgan fingerprint density at radius 3 is 2.79 bits per heavy atom. The lowest BCUT2D eigenvalue weighted by molar-refractivity contribution is 0.0826. The van der Waals surface area contributed by atoms with E-state index in [9.17, 15) is 14.0 Å². The van der Waals surface area contributed by atoms with Gasteiger partial charge >= 0.3 is 0 Å². The van der Waals surface area contributed by atoms with Crippen LogP contribution in [-0.2, 0) is 4.74 Å². The molecule has 3 N–H and O–H groups in total. The average Bonchev–Trinajstić information content (AvgIpc) is 3.15. The van der Waals surface area contributed by atoms with Crippen LogP contribution in [0, 0.1) is 11.8 Å². The highest BCUT2D eigenvalue weighted by Gasteiger charge is 2.55. The van der Waals surface area contributed by atoms with Gasteiger partial charge in [-0.15, -0.1) is 0 Å². The van der Waals surface area contributed by atoms with Gasteiger partial charge in [-0.1, -0.05) is 0 Å². The molecular weight excluding hydrogens is 429 g/mol. The van der Waals surface area contributed by atoms with Crippen molar-refractivity contribution in [3.63, 3.8) is 0 Å². The number of nitrogens with one attached hydrogen (secondary N) is 3. The summed E-state index contributed by atoms with van der Waals surface area (Å²) in [6, 6.07) is 4.95. The van der Waals surface area contributed by atoms with E-state index >= 15 is 0 Å². The van der Waals surface area contributed by atoms with E-state index in [4.69, 9.17) is 4.74 Å². The van der Waals surface area contributed by atoms with Gasteiger partial charge in [-0.3, -0.25) is 9.59 Å². The Morgan fingerprint density at radius 2 is 2.09 bits per heavy atom. The molecule has 172 valence electrons. The van der Waals surface area contributed by atoms with Gasteiger partial charge in [0, 0.05) is 37.2 Å². The summed E-state index contributed by atoms with van der Waals surface area (Å²) in [5, 5.41) is 13.1. The second-order valence-corrected chi connectivity index (χ2v) is 8.86. The van der Waals surface area contributed by atoms with E-state index in [0.717, 1.165) is 0 Å². The molecule has 11 heteroatoms. The third-order valence-corrected chi connectivity index (χ3v) is 6.94. The summed E-state index contributed by atoms with van der Waals surface area (Å²) in [5.74, 6) is 1.35. The zero-order valence-electron chi connectivity index (χ0n) is 18.0. The number of nitrogens with zero attached hydrogens (tertiary/aromatic N) is 4. The number of amides is 1. The predicted octanol–water partition coefficient (Wildman–Crippen LogP) is 1.72. The number of fused-ring (bicyclic) bond motifs is 2. The first-order valence-corrected chi connectivity index (χ1v) is 11.1. The van der Waals surface area contributed by atoms with Crippen molar-refractivity contribution >= 4 is 28.9 Å². The van der Waals surface area contributed by atoms with Crippen molar-refractivity contribution in [1.82, 2.24) is 24.5 Å². The van der Waals surface area contributed by atoms with Crippen molar-refractivity contribution in [2.45, 2.75) is 31.1 Å². The summed E-state index contributed by atoms with van der Waals surface area (Å²) in [4.78, 5) is 30.4. The highest BCUT2D eigenvalue weighted by atomic mass is 19.1. The Labute approximate surface area is 188 Å². The van der Waals surface area contributed by atoms with Gasteiger partial charge in [-0.25, -0.2) is 9.37 Å². The van der Waals surface area contributed by atoms with Crippen molar-refractivity contribution in [3.05, 3.63) is 46.5 Å². The lowest BCUT2D eigenvalue weighted by Gasteiger charge is -2.30. The normalized spacial score (nSPS) is 27.6. The Bertz CT molecular complexity index is 1290. The third-order valence-electron chi connectivity index (χ3n) is 6.94. The van der Waals surface area contributed by atoms with Crippen LogP contribution in [0.3, 0.4) is 0 Å². The first-order chi connectivity index (χ1) is 16.0. The molecule has 0 spiro atoms. The van der Waals surface area contributed by atoms with Gasteiger partial charge < -0.3 is 25.3 Å². The van der Waals surface area contributed by atoms with E-state index in [1.54, 1.807) is 23.7 Å². The molecule has 5 atom stereocenters. The number of aromatic nitrogens is 4. The summed E-state index contributed by atoms with van der Waals surface area (Å²) in [7, 11) is 1.73. The first kappa shape index (κ1) is 20.2. The van der Waals surface area contributed by atoms with E-state index in [-0.39, 0.29) is 17.2 Å². The average molecular weight is 453 g/mol. The van der Waals surface area contributed by atoms with Crippen LogP contribution in [0.2, 0.25) is 0 Å². The van der Waals surface area contributed by atoms with Gasteiger partial charge in [0.1, 0.15) is 29.1 Å². The maximum Gasteiger partial charge on any atom is 0.274 e. The number of carbonyl (C=O) groups is 1. The van der Waals surface area contributed by atoms with Crippen LogP contribution in [-0.4, -0.2) is 57.5 Å². The molecule has 2 aliphatic carbocycles. The largest absolute Gasteiger partial charge is 0.381 e. The number of hydrogen-bond donors (Lipinski definition) is 3. The molecule has 3 aromatic heterocycles. The topological polar surface area (TPSA) is 115 Å². The standard InChI is InChI=1S/C22H24FN7O3/c1-24-18-7-17(26-16-3-2-6-29(22(16)32)19-12-9-33-10-13(12)19)28-20-11(8-25-30(18)20)21(31)27-15-5-4-14(15)23/h2-3,6-8,12-15,19,24H,4-5,9-10H2,1H3,(H,26,28)(H,27,31)/t12-,13+,14-,15?,19?/m1/s1. The van der Waals surface area contributed by atoms with E-state index in [2.05, 4.69) is 26.0 Å². The second-order valence-electron chi connectivity index (χ2n) is 8.86. The summed E-state index contributed by atoms with van der Waals surface area (Å²) >= 11 is 0. The fourth-order valence-electron chi connectivity index (χ4n) is 4.83. The number of alkyl halides is 1. The molecule has 4 heterocycles. The number of pyridine rings is 1. The minimum Gasteiger partial charge on any atom is -0.381 e. The second kappa shape index (κ2) is 7.55. The molecule has 1 saturated heterocycles. The van der Waals surface area contributed by atoms with Crippen molar-refractivity contribution in [3.8, 4) is 0 Å². The molecule has 10 nitrogen and oxygen atoms in total. The first-order valence-electron chi connectivity index (χ1n) is 11.1. The molecule has 0 radical (unpaired) electrons. The number of carbonyl (C=O) groups excluding carboxylic acids is 1. The molecule has 0 bridgehead atoms. The van der Waals surface area contributed by atoms with Gasteiger partial charge in [0.25, 0.3) is 11.5 Å². The van der Waals surface area contributed by atoms with Crippen LogP contribution in [0.25, 0.3) is 5.65 Å². The Hall–Kier alpha value is -3.47. The highest BCUT2D eigenvalue weighted by Crippen LogP contribution is 2.53. The van der Waals surface area contributed by atoms with Crippen molar-refractivity contribution in [2.75, 3.05) is 30.9 Å². The molecule has 2 saturated carbocycles. The summed E-state index contributed by atoms with van der Waals surface area (Å²) in [5.41, 5.74) is 0.810. The van der Waals surface area contributed by atoms with Crippen molar-refractivity contribution in [2.24, 2.45) is 11.8 Å². The molecule has 2 unspecified atom stereocenters. The Morgan fingerprint density at radius 1 is 1.27 bits per heavy atom. The summed E-state index contributed by atoms with van der Waals surface area (Å²) in [6.07, 6.45) is 3.27. The number of rotatable bonds is 6. The summed E-state index contributed by atoms with van der Waals surface area (Å²) in [6.45, 7) is 1.39. The number of halogens is 1. The Balaban J connectivity index is 1.31. The number of ether oxygens (including phenoxy) is 1. The highest BCUT2D eigenvalue weighted by molar-refractivity contribution is 6.00. The molecule has 1 amide bonds. The van der Waals surface area contributed by atoms with Crippen LogP contribution in [0.15, 0.2) is 35.4 Å². The molecule has 3 fully saturated rings. The maximum absolute atomic E-state index is 13.6. The van der Waals surface area contributed by atoms with Gasteiger partial charge in [-0.2, -0.15) is 9.61 Å². The van der Waals surface area contributed by atoms with E-state index < -0.39 is 18.1 Å². The van der Waals surface area contributed by atoms with E-state index in [1.807, 2.05) is 12.3 Å². The minimum absolute atomic E-state index is 0.130. The van der Waals surface area contributed by atoms with Crippen LogP contribution >= 0.6 is 0 Å².